The van der Waals surface area contributed by atoms with Crippen LogP contribution < -0.4 is 10.6 Å². The first-order valence-electron chi connectivity index (χ1n) is 7.53. The van der Waals surface area contributed by atoms with Gasteiger partial charge in [-0.1, -0.05) is 13.0 Å². The number of rotatable bonds is 8. The molecule has 3 N–H and O–H groups in total. The van der Waals surface area contributed by atoms with Crippen molar-refractivity contribution in [2.75, 3.05) is 20.7 Å². The molecular weight excluding hydrogens is 285 g/mol. The number of nitrogens with zero attached hydrogens (tertiary/aromatic N) is 1. The Labute approximate surface area is 131 Å². The van der Waals surface area contributed by atoms with Gasteiger partial charge in [0.05, 0.1) is 0 Å². The summed E-state index contributed by atoms with van der Waals surface area (Å²) in [5, 5.41) is 14.5. The van der Waals surface area contributed by atoms with E-state index in [0.717, 1.165) is 12.0 Å². The topological polar surface area (TPSA) is 64.6 Å². The second kappa shape index (κ2) is 9.38. The van der Waals surface area contributed by atoms with E-state index in [1.165, 1.54) is 6.07 Å². The SMILES string of the molecule is CCC(CCO)NC(=O)NCc1ccc(F)c(CN(C)C)c1. The van der Waals surface area contributed by atoms with Crippen molar-refractivity contribution in [2.45, 2.75) is 38.9 Å². The Balaban J connectivity index is 2.55. The molecule has 0 aromatic heterocycles. The summed E-state index contributed by atoms with van der Waals surface area (Å²) in [5.74, 6) is -0.240. The van der Waals surface area contributed by atoms with Gasteiger partial charge in [0.15, 0.2) is 0 Å². The summed E-state index contributed by atoms with van der Waals surface area (Å²) in [6.07, 6.45) is 1.30. The maximum Gasteiger partial charge on any atom is 0.315 e. The van der Waals surface area contributed by atoms with Crippen molar-refractivity contribution in [1.82, 2.24) is 15.5 Å². The molecule has 5 nitrogen and oxygen atoms in total. The molecule has 6 heteroatoms. The lowest BCUT2D eigenvalue weighted by atomic mass is 10.1. The molecule has 0 fully saturated rings. The van der Waals surface area contributed by atoms with Gasteiger partial charge >= 0.3 is 6.03 Å². The van der Waals surface area contributed by atoms with Crippen LogP contribution in [0.4, 0.5) is 9.18 Å². The zero-order chi connectivity index (χ0) is 16.5. The highest BCUT2D eigenvalue weighted by atomic mass is 19.1. The third-order valence-electron chi connectivity index (χ3n) is 3.36. The summed E-state index contributed by atoms with van der Waals surface area (Å²) in [4.78, 5) is 13.7. The van der Waals surface area contributed by atoms with Crippen molar-refractivity contribution < 1.29 is 14.3 Å². The highest BCUT2D eigenvalue weighted by molar-refractivity contribution is 5.74. The normalized spacial score (nSPS) is 12.3. The second-order valence-corrected chi connectivity index (χ2v) is 5.61. The number of halogens is 1. The standard InChI is InChI=1S/C16H26FN3O2/c1-4-14(7-8-21)19-16(22)18-10-12-5-6-15(17)13(9-12)11-20(2)3/h5-6,9,14,21H,4,7-8,10-11H2,1-3H3,(H2,18,19,22). The molecule has 1 rings (SSSR count). The summed E-state index contributed by atoms with van der Waals surface area (Å²) in [5.41, 5.74) is 1.46. The van der Waals surface area contributed by atoms with E-state index in [1.807, 2.05) is 25.9 Å². The van der Waals surface area contributed by atoms with Crippen molar-refractivity contribution in [3.63, 3.8) is 0 Å². The molecule has 124 valence electrons. The van der Waals surface area contributed by atoms with E-state index in [9.17, 15) is 9.18 Å². The first kappa shape index (κ1) is 18.4. The number of aliphatic hydroxyl groups is 1. The molecule has 0 bridgehead atoms. The van der Waals surface area contributed by atoms with Crippen LogP contribution in [0.1, 0.15) is 30.9 Å². The minimum atomic E-state index is -0.279. The third-order valence-corrected chi connectivity index (χ3v) is 3.36. The lowest BCUT2D eigenvalue weighted by molar-refractivity contribution is 0.227. The van der Waals surface area contributed by atoms with E-state index in [-0.39, 0.29) is 24.5 Å². The Morgan fingerprint density at radius 1 is 1.41 bits per heavy atom. The Morgan fingerprint density at radius 3 is 2.73 bits per heavy atom. The fourth-order valence-corrected chi connectivity index (χ4v) is 2.15. The first-order chi connectivity index (χ1) is 10.5. The number of hydrogen-bond acceptors (Lipinski definition) is 3. The van der Waals surface area contributed by atoms with E-state index in [4.69, 9.17) is 5.11 Å². The van der Waals surface area contributed by atoms with Crippen molar-refractivity contribution in [1.29, 1.82) is 0 Å². The third kappa shape index (κ3) is 6.41. The van der Waals surface area contributed by atoms with Gasteiger partial charge in [-0.15, -0.1) is 0 Å². The van der Waals surface area contributed by atoms with Gasteiger partial charge in [-0.2, -0.15) is 0 Å². The minimum Gasteiger partial charge on any atom is -0.396 e. The van der Waals surface area contributed by atoms with Crippen LogP contribution in [0.3, 0.4) is 0 Å². The Hall–Kier alpha value is -1.66. The smallest absolute Gasteiger partial charge is 0.315 e. The Morgan fingerprint density at radius 2 is 2.14 bits per heavy atom. The lowest BCUT2D eigenvalue weighted by Gasteiger charge is -2.16. The average Bonchev–Trinajstić information content (AvgIpc) is 2.47. The molecule has 1 aromatic rings. The highest BCUT2D eigenvalue weighted by Gasteiger charge is 2.10. The quantitative estimate of drug-likeness (QED) is 0.686. The van der Waals surface area contributed by atoms with Gasteiger partial charge in [0.2, 0.25) is 0 Å². The van der Waals surface area contributed by atoms with Gasteiger partial charge in [-0.25, -0.2) is 9.18 Å². The predicted octanol–water partition coefficient (Wildman–Crippen LogP) is 1.85. The molecule has 0 saturated heterocycles. The zero-order valence-electron chi connectivity index (χ0n) is 13.5. The van der Waals surface area contributed by atoms with Crippen molar-refractivity contribution in [3.05, 3.63) is 35.1 Å². The number of nitrogens with one attached hydrogen (secondary N) is 2. The summed E-state index contributed by atoms with van der Waals surface area (Å²) >= 11 is 0. The van der Waals surface area contributed by atoms with Crippen LogP contribution in [-0.2, 0) is 13.1 Å². The maximum atomic E-state index is 13.7. The summed E-state index contributed by atoms with van der Waals surface area (Å²) in [6, 6.07) is 4.54. The van der Waals surface area contributed by atoms with Crippen LogP contribution in [0, 0.1) is 5.82 Å². The number of carbonyl (C=O) groups is 1. The first-order valence-corrected chi connectivity index (χ1v) is 7.53. The van der Waals surface area contributed by atoms with Crippen LogP contribution in [0.5, 0.6) is 0 Å². The molecule has 0 spiro atoms. The number of urea groups is 1. The zero-order valence-corrected chi connectivity index (χ0v) is 13.5. The van der Waals surface area contributed by atoms with E-state index in [1.54, 1.807) is 12.1 Å². The molecule has 0 aliphatic rings. The van der Waals surface area contributed by atoms with Crippen LogP contribution in [0.2, 0.25) is 0 Å². The molecule has 1 atom stereocenters. The molecular formula is C16H26FN3O2. The van der Waals surface area contributed by atoms with Gasteiger partial charge in [-0.05, 0) is 44.6 Å². The number of carbonyl (C=O) groups excluding carboxylic acids is 1. The maximum absolute atomic E-state index is 13.7. The number of benzene rings is 1. The van der Waals surface area contributed by atoms with Crippen LogP contribution in [-0.4, -0.2) is 42.8 Å². The minimum absolute atomic E-state index is 0.0393. The number of hydrogen-bond donors (Lipinski definition) is 3. The molecule has 2 amide bonds. The van der Waals surface area contributed by atoms with Crippen molar-refractivity contribution in [2.24, 2.45) is 0 Å². The van der Waals surface area contributed by atoms with E-state index in [2.05, 4.69) is 10.6 Å². The monoisotopic (exact) mass is 311 g/mol. The second-order valence-electron chi connectivity index (χ2n) is 5.61. The molecule has 1 aromatic carbocycles. The van der Waals surface area contributed by atoms with Gasteiger partial charge < -0.3 is 20.6 Å². The molecule has 0 saturated carbocycles. The average molecular weight is 311 g/mol. The Kier molecular flexibility index (Phi) is 7.84. The number of aliphatic hydroxyl groups excluding tert-OH is 1. The van der Waals surface area contributed by atoms with Crippen molar-refractivity contribution >= 4 is 6.03 Å². The Bertz CT molecular complexity index is 480. The fourth-order valence-electron chi connectivity index (χ4n) is 2.15. The summed E-state index contributed by atoms with van der Waals surface area (Å²) in [6.45, 7) is 2.85. The molecule has 0 aliphatic carbocycles. The molecule has 0 heterocycles. The van der Waals surface area contributed by atoms with Crippen LogP contribution in [0.25, 0.3) is 0 Å². The summed E-state index contributed by atoms with van der Waals surface area (Å²) < 4.78 is 13.7. The number of amides is 2. The van der Waals surface area contributed by atoms with Crippen LogP contribution >= 0.6 is 0 Å². The largest absolute Gasteiger partial charge is 0.396 e. The molecule has 22 heavy (non-hydrogen) atoms. The van der Waals surface area contributed by atoms with Crippen molar-refractivity contribution in [3.8, 4) is 0 Å². The fraction of sp³-hybridized carbons (Fsp3) is 0.562. The van der Waals surface area contributed by atoms with Gasteiger partial charge in [0.25, 0.3) is 0 Å². The van der Waals surface area contributed by atoms with Gasteiger partial charge in [0, 0.05) is 31.3 Å². The van der Waals surface area contributed by atoms with E-state index in [0.29, 0.717) is 25.1 Å². The van der Waals surface area contributed by atoms with Gasteiger partial charge in [0.1, 0.15) is 5.82 Å². The summed E-state index contributed by atoms with van der Waals surface area (Å²) in [7, 11) is 3.76. The molecule has 0 aliphatic heterocycles. The van der Waals surface area contributed by atoms with E-state index >= 15 is 0 Å². The molecule has 0 radical (unpaired) electrons. The van der Waals surface area contributed by atoms with Crippen LogP contribution in [0.15, 0.2) is 18.2 Å². The lowest BCUT2D eigenvalue weighted by Crippen LogP contribution is -2.41. The highest BCUT2D eigenvalue weighted by Crippen LogP contribution is 2.12. The van der Waals surface area contributed by atoms with E-state index < -0.39 is 0 Å². The van der Waals surface area contributed by atoms with Gasteiger partial charge in [-0.3, -0.25) is 0 Å². The molecule has 1 unspecified atom stereocenters. The predicted molar refractivity (Wildman–Crippen MR) is 84.9 cm³/mol.